The van der Waals surface area contributed by atoms with Crippen molar-refractivity contribution >= 4 is 23.1 Å². The van der Waals surface area contributed by atoms with E-state index in [0.717, 1.165) is 36.0 Å². The van der Waals surface area contributed by atoms with Gasteiger partial charge in [0.15, 0.2) is 0 Å². The summed E-state index contributed by atoms with van der Waals surface area (Å²) < 4.78 is 5.71. The van der Waals surface area contributed by atoms with E-state index in [2.05, 4.69) is 6.92 Å². The van der Waals surface area contributed by atoms with Crippen molar-refractivity contribution in [2.24, 2.45) is 0 Å². The zero-order valence-electron chi connectivity index (χ0n) is 10.9. The fourth-order valence-electron chi connectivity index (χ4n) is 1.41. The van der Waals surface area contributed by atoms with Gasteiger partial charge in [-0.1, -0.05) is 6.92 Å². The SMILES string of the molecule is CCSCCCOc1cc(N(C)C)ccc1N. The van der Waals surface area contributed by atoms with Crippen LogP contribution in [0.5, 0.6) is 5.75 Å². The molecule has 0 fully saturated rings. The number of hydrogen-bond donors (Lipinski definition) is 1. The molecule has 0 aromatic heterocycles. The molecule has 0 aliphatic rings. The maximum absolute atomic E-state index is 5.88. The fraction of sp³-hybridized carbons (Fsp3) is 0.538. The van der Waals surface area contributed by atoms with E-state index >= 15 is 0 Å². The highest BCUT2D eigenvalue weighted by Gasteiger charge is 2.03. The molecule has 2 N–H and O–H groups in total. The second-order valence-electron chi connectivity index (χ2n) is 4.02. The van der Waals surface area contributed by atoms with Crippen molar-refractivity contribution in [3.05, 3.63) is 18.2 Å². The van der Waals surface area contributed by atoms with Crippen LogP contribution in [0.15, 0.2) is 18.2 Å². The molecule has 0 aliphatic carbocycles. The van der Waals surface area contributed by atoms with Gasteiger partial charge in [-0.25, -0.2) is 0 Å². The second kappa shape index (κ2) is 7.33. The summed E-state index contributed by atoms with van der Waals surface area (Å²) in [6, 6.07) is 5.88. The van der Waals surface area contributed by atoms with Gasteiger partial charge in [0.2, 0.25) is 0 Å². The van der Waals surface area contributed by atoms with E-state index < -0.39 is 0 Å². The molecule has 0 amide bonds. The summed E-state index contributed by atoms with van der Waals surface area (Å²) in [4.78, 5) is 2.04. The maximum Gasteiger partial charge on any atom is 0.144 e. The van der Waals surface area contributed by atoms with Crippen LogP contribution < -0.4 is 15.4 Å². The lowest BCUT2D eigenvalue weighted by Crippen LogP contribution is -2.09. The smallest absolute Gasteiger partial charge is 0.144 e. The molecular weight excluding hydrogens is 232 g/mol. The standard InChI is InChI=1S/C13H22N2OS/c1-4-17-9-5-8-16-13-10-11(15(2)3)6-7-12(13)14/h6-7,10H,4-5,8-9,14H2,1-3H3. The number of thioether (sulfide) groups is 1. The Hall–Kier alpha value is -1.03. The monoisotopic (exact) mass is 254 g/mol. The van der Waals surface area contributed by atoms with Crippen LogP contribution in [-0.4, -0.2) is 32.2 Å². The molecule has 0 bridgehead atoms. The summed E-state index contributed by atoms with van der Waals surface area (Å²) in [6.07, 6.45) is 1.06. The third-order valence-electron chi connectivity index (χ3n) is 2.41. The van der Waals surface area contributed by atoms with Crippen molar-refractivity contribution in [2.75, 3.05) is 42.8 Å². The Labute approximate surface area is 108 Å². The van der Waals surface area contributed by atoms with Crippen LogP contribution in [0.2, 0.25) is 0 Å². The van der Waals surface area contributed by atoms with Gasteiger partial charge in [0.05, 0.1) is 12.3 Å². The Balaban J connectivity index is 2.49. The van der Waals surface area contributed by atoms with Crippen molar-refractivity contribution in [2.45, 2.75) is 13.3 Å². The molecule has 0 aliphatic heterocycles. The maximum atomic E-state index is 5.88. The summed E-state index contributed by atoms with van der Waals surface area (Å²) in [7, 11) is 4.01. The zero-order chi connectivity index (χ0) is 12.7. The van der Waals surface area contributed by atoms with Crippen molar-refractivity contribution < 1.29 is 4.74 Å². The van der Waals surface area contributed by atoms with Gasteiger partial charge in [-0.3, -0.25) is 0 Å². The minimum absolute atomic E-state index is 0.707. The van der Waals surface area contributed by atoms with Crippen molar-refractivity contribution in [3.8, 4) is 5.75 Å². The number of nitrogens with two attached hydrogens (primary N) is 1. The predicted molar refractivity (Wildman–Crippen MR) is 78.3 cm³/mol. The van der Waals surface area contributed by atoms with Gasteiger partial charge in [0.25, 0.3) is 0 Å². The van der Waals surface area contributed by atoms with E-state index in [4.69, 9.17) is 10.5 Å². The van der Waals surface area contributed by atoms with Crippen molar-refractivity contribution in [1.82, 2.24) is 0 Å². The number of ether oxygens (including phenoxy) is 1. The van der Waals surface area contributed by atoms with Gasteiger partial charge in [0, 0.05) is 25.8 Å². The fourth-order valence-corrected chi connectivity index (χ4v) is 2.02. The normalized spacial score (nSPS) is 10.3. The van der Waals surface area contributed by atoms with Crippen LogP contribution in [0.1, 0.15) is 13.3 Å². The zero-order valence-corrected chi connectivity index (χ0v) is 11.7. The number of anilines is 2. The first-order chi connectivity index (χ1) is 8.15. The Morgan fingerprint density at radius 1 is 1.35 bits per heavy atom. The molecule has 0 atom stereocenters. The number of rotatable bonds is 7. The lowest BCUT2D eigenvalue weighted by molar-refractivity contribution is 0.320. The molecule has 17 heavy (non-hydrogen) atoms. The Kier molecular flexibility index (Phi) is 6.05. The number of nitrogens with zero attached hydrogens (tertiary/aromatic N) is 1. The third-order valence-corrected chi connectivity index (χ3v) is 3.39. The van der Waals surface area contributed by atoms with Crippen LogP contribution in [0, 0.1) is 0 Å². The lowest BCUT2D eigenvalue weighted by Gasteiger charge is -2.15. The quantitative estimate of drug-likeness (QED) is 0.600. The van der Waals surface area contributed by atoms with Crippen LogP contribution in [0.3, 0.4) is 0 Å². The average Bonchev–Trinajstić information content (AvgIpc) is 2.30. The Morgan fingerprint density at radius 3 is 2.76 bits per heavy atom. The Morgan fingerprint density at radius 2 is 2.12 bits per heavy atom. The highest BCUT2D eigenvalue weighted by Crippen LogP contribution is 2.26. The highest BCUT2D eigenvalue weighted by atomic mass is 32.2. The van der Waals surface area contributed by atoms with Gasteiger partial charge in [-0.2, -0.15) is 11.8 Å². The van der Waals surface area contributed by atoms with Gasteiger partial charge in [-0.15, -0.1) is 0 Å². The van der Waals surface area contributed by atoms with Gasteiger partial charge < -0.3 is 15.4 Å². The molecular formula is C13H22N2OS. The van der Waals surface area contributed by atoms with E-state index in [-0.39, 0.29) is 0 Å². The van der Waals surface area contributed by atoms with Gasteiger partial charge in [-0.05, 0) is 30.1 Å². The molecule has 1 aromatic carbocycles. The molecule has 0 heterocycles. The predicted octanol–water partition coefficient (Wildman–Crippen LogP) is 2.86. The highest BCUT2D eigenvalue weighted by molar-refractivity contribution is 7.99. The van der Waals surface area contributed by atoms with Crippen molar-refractivity contribution in [1.29, 1.82) is 0 Å². The molecule has 0 saturated carbocycles. The van der Waals surface area contributed by atoms with E-state index in [1.165, 1.54) is 0 Å². The average molecular weight is 254 g/mol. The summed E-state index contributed by atoms with van der Waals surface area (Å²) >= 11 is 1.94. The number of hydrogen-bond acceptors (Lipinski definition) is 4. The summed E-state index contributed by atoms with van der Waals surface area (Å²) in [6.45, 7) is 2.90. The molecule has 3 nitrogen and oxygen atoms in total. The Bertz CT molecular complexity index is 342. The topological polar surface area (TPSA) is 38.5 Å². The summed E-state index contributed by atoms with van der Waals surface area (Å²) in [5.41, 5.74) is 7.70. The van der Waals surface area contributed by atoms with Crippen LogP contribution in [0.4, 0.5) is 11.4 Å². The minimum atomic E-state index is 0.707. The summed E-state index contributed by atoms with van der Waals surface area (Å²) in [5.74, 6) is 3.10. The van der Waals surface area contributed by atoms with Gasteiger partial charge in [0.1, 0.15) is 5.75 Å². The molecule has 96 valence electrons. The van der Waals surface area contributed by atoms with Crippen molar-refractivity contribution in [3.63, 3.8) is 0 Å². The van der Waals surface area contributed by atoms with Crippen LogP contribution in [-0.2, 0) is 0 Å². The first kappa shape index (κ1) is 14.0. The first-order valence-corrected chi connectivity index (χ1v) is 7.08. The van der Waals surface area contributed by atoms with Crippen LogP contribution >= 0.6 is 11.8 Å². The summed E-state index contributed by atoms with van der Waals surface area (Å²) in [5, 5.41) is 0. The van der Waals surface area contributed by atoms with E-state index in [1.807, 2.05) is 49.0 Å². The van der Waals surface area contributed by atoms with E-state index in [9.17, 15) is 0 Å². The van der Waals surface area contributed by atoms with Gasteiger partial charge >= 0.3 is 0 Å². The molecule has 4 heteroatoms. The third kappa shape index (κ3) is 4.77. The molecule has 0 saturated heterocycles. The lowest BCUT2D eigenvalue weighted by atomic mass is 10.2. The van der Waals surface area contributed by atoms with E-state index in [1.54, 1.807) is 0 Å². The molecule has 0 radical (unpaired) electrons. The largest absolute Gasteiger partial charge is 0.491 e. The molecule has 0 unspecified atom stereocenters. The second-order valence-corrected chi connectivity index (χ2v) is 5.41. The van der Waals surface area contributed by atoms with Crippen LogP contribution in [0.25, 0.3) is 0 Å². The molecule has 0 spiro atoms. The molecule has 1 rings (SSSR count). The number of benzene rings is 1. The minimum Gasteiger partial charge on any atom is -0.491 e. The first-order valence-electron chi connectivity index (χ1n) is 5.92. The molecule has 1 aromatic rings. The number of nitrogen functional groups attached to an aromatic ring is 1. The van der Waals surface area contributed by atoms with E-state index in [0.29, 0.717) is 5.69 Å².